The molecule has 0 fully saturated rings. The van der Waals surface area contributed by atoms with Gasteiger partial charge >= 0.3 is 0 Å². The summed E-state index contributed by atoms with van der Waals surface area (Å²) in [4.78, 5) is 2.28. The maximum Gasteiger partial charge on any atom is 0.0670 e. The van der Waals surface area contributed by atoms with Gasteiger partial charge in [0.1, 0.15) is 0 Å². The largest absolute Gasteiger partial charge is 0.394 e. The second kappa shape index (κ2) is 8.97. The third-order valence-electron chi connectivity index (χ3n) is 3.48. The van der Waals surface area contributed by atoms with Crippen molar-refractivity contribution < 1.29 is 10.2 Å². The normalized spacial score (nSPS) is 12.4. The molecule has 0 radical (unpaired) electrons. The third kappa shape index (κ3) is 4.40. The number of aliphatic hydroxyl groups is 2. The Hall–Kier alpha value is -0.120. The van der Waals surface area contributed by atoms with Gasteiger partial charge in [0.2, 0.25) is 0 Å². The molecule has 2 N–H and O–H groups in total. The highest BCUT2D eigenvalue weighted by molar-refractivity contribution is 4.88. The van der Waals surface area contributed by atoms with E-state index < -0.39 is 5.54 Å². The molecule has 0 aromatic heterocycles. The lowest BCUT2D eigenvalue weighted by Crippen LogP contribution is -2.54. The average Bonchev–Trinajstić information content (AvgIpc) is 2.34. The van der Waals surface area contributed by atoms with Crippen molar-refractivity contribution in [2.45, 2.75) is 58.4 Å². The van der Waals surface area contributed by atoms with E-state index in [-0.39, 0.29) is 13.2 Å². The fourth-order valence-electron chi connectivity index (χ4n) is 1.98. The molecule has 0 aliphatic heterocycles. The van der Waals surface area contributed by atoms with Gasteiger partial charge in [-0.25, -0.2) is 0 Å². The lowest BCUT2D eigenvalue weighted by atomic mass is 9.95. The zero-order valence-electron chi connectivity index (χ0n) is 11.2. The predicted molar refractivity (Wildman–Crippen MR) is 68.6 cm³/mol. The van der Waals surface area contributed by atoms with Gasteiger partial charge in [0.15, 0.2) is 0 Å². The average molecular weight is 231 g/mol. The van der Waals surface area contributed by atoms with Crippen molar-refractivity contribution in [3.63, 3.8) is 0 Å². The Morgan fingerprint density at radius 3 is 1.56 bits per heavy atom. The van der Waals surface area contributed by atoms with Crippen LogP contribution in [0.25, 0.3) is 0 Å². The number of nitrogens with zero attached hydrogens (tertiary/aromatic N) is 1. The number of rotatable bonds is 10. The van der Waals surface area contributed by atoms with Crippen LogP contribution >= 0.6 is 0 Å². The molecule has 0 aromatic carbocycles. The zero-order valence-corrected chi connectivity index (χ0v) is 11.2. The van der Waals surface area contributed by atoms with Crippen LogP contribution in [0.1, 0.15) is 52.9 Å². The monoisotopic (exact) mass is 231 g/mol. The van der Waals surface area contributed by atoms with Crippen LogP contribution in [0.2, 0.25) is 0 Å². The van der Waals surface area contributed by atoms with Gasteiger partial charge in [-0.2, -0.15) is 0 Å². The van der Waals surface area contributed by atoms with Crippen molar-refractivity contribution in [3.05, 3.63) is 0 Å². The zero-order chi connectivity index (χ0) is 12.4. The van der Waals surface area contributed by atoms with Gasteiger partial charge in [-0.15, -0.1) is 0 Å². The maximum atomic E-state index is 9.54. The molecule has 0 saturated carbocycles. The molecule has 0 aromatic rings. The number of unbranched alkanes of at least 4 members (excludes halogenated alkanes) is 2. The van der Waals surface area contributed by atoms with E-state index >= 15 is 0 Å². The fourth-order valence-corrected chi connectivity index (χ4v) is 1.98. The summed E-state index contributed by atoms with van der Waals surface area (Å²) in [5, 5.41) is 19.1. The summed E-state index contributed by atoms with van der Waals surface area (Å²) in [6, 6.07) is 0. The molecule has 16 heavy (non-hydrogen) atoms. The van der Waals surface area contributed by atoms with Crippen molar-refractivity contribution in [2.75, 3.05) is 26.3 Å². The van der Waals surface area contributed by atoms with Gasteiger partial charge in [0.25, 0.3) is 0 Å². The molecule has 0 atom stereocenters. The Labute approximate surface area is 100 Å². The first-order chi connectivity index (χ1) is 7.70. The molecule has 0 spiro atoms. The van der Waals surface area contributed by atoms with Crippen LogP contribution in [0.3, 0.4) is 0 Å². The molecule has 0 heterocycles. The quantitative estimate of drug-likeness (QED) is 0.604. The first-order valence-corrected chi connectivity index (χ1v) is 6.67. The second-order valence-corrected chi connectivity index (χ2v) is 4.59. The lowest BCUT2D eigenvalue weighted by molar-refractivity contribution is -0.0178. The molecule has 0 aliphatic rings. The second-order valence-electron chi connectivity index (χ2n) is 4.59. The smallest absolute Gasteiger partial charge is 0.0670 e. The van der Waals surface area contributed by atoms with Crippen molar-refractivity contribution >= 4 is 0 Å². The van der Waals surface area contributed by atoms with Gasteiger partial charge in [-0.05, 0) is 32.4 Å². The van der Waals surface area contributed by atoms with Gasteiger partial charge < -0.3 is 10.2 Å². The van der Waals surface area contributed by atoms with Crippen molar-refractivity contribution in [2.24, 2.45) is 0 Å². The van der Waals surface area contributed by atoms with Crippen LogP contribution < -0.4 is 0 Å². The molecule has 0 amide bonds. The summed E-state index contributed by atoms with van der Waals surface area (Å²) >= 11 is 0. The Kier molecular flexibility index (Phi) is 8.90. The summed E-state index contributed by atoms with van der Waals surface area (Å²) in [5.74, 6) is 0. The molecule has 0 bridgehead atoms. The highest BCUT2D eigenvalue weighted by Crippen LogP contribution is 2.20. The first kappa shape index (κ1) is 15.9. The first-order valence-electron chi connectivity index (χ1n) is 6.67. The van der Waals surface area contributed by atoms with Gasteiger partial charge in [0, 0.05) is 0 Å². The molecule has 0 unspecified atom stereocenters. The van der Waals surface area contributed by atoms with Crippen molar-refractivity contribution in [3.8, 4) is 0 Å². The molecular formula is C13H29NO2. The SMILES string of the molecule is CCCCN(CCCC)C(CC)(CO)CO. The van der Waals surface area contributed by atoms with E-state index in [1.165, 1.54) is 0 Å². The summed E-state index contributed by atoms with van der Waals surface area (Å²) in [6.45, 7) is 8.43. The maximum absolute atomic E-state index is 9.54. The number of hydrogen-bond donors (Lipinski definition) is 2. The van der Waals surface area contributed by atoms with Crippen molar-refractivity contribution in [1.29, 1.82) is 0 Å². The molecule has 0 saturated heterocycles. The van der Waals surface area contributed by atoms with Gasteiger partial charge in [-0.1, -0.05) is 33.6 Å². The van der Waals surface area contributed by atoms with Crippen molar-refractivity contribution in [1.82, 2.24) is 4.90 Å². The molecule has 98 valence electrons. The molecular weight excluding hydrogens is 202 g/mol. The van der Waals surface area contributed by atoms with Crippen LogP contribution in [0, 0.1) is 0 Å². The van der Waals surface area contributed by atoms with E-state index in [4.69, 9.17) is 0 Å². The van der Waals surface area contributed by atoms with E-state index in [1.54, 1.807) is 0 Å². The Morgan fingerprint density at radius 2 is 1.31 bits per heavy atom. The molecule has 0 rings (SSSR count). The summed E-state index contributed by atoms with van der Waals surface area (Å²) in [5.41, 5.74) is -0.412. The fraction of sp³-hybridized carbons (Fsp3) is 1.00. The molecule has 3 nitrogen and oxygen atoms in total. The Balaban J connectivity index is 4.52. The minimum Gasteiger partial charge on any atom is -0.394 e. The van der Waals surface area contributed by atoms with E-state index in [1.807, 2.05) is 6.92 Å². The van der Waals surface area contributed by atoms with Crippen LogP contribution in [0.5, 0.6) is 0 Å². The molecule has 3 heteroatoms. The Bertz CT molecular complexity index is 142. The minimum absolute atomic E-state index is 0.0490. The number of hydrogen-bond acceptors (Lipinski definition) is 3. The minimum atomic E-state index is -0.412. The predicted octanol–water partition coefficient (Wildman–Crippen LogP) is 2.02. The highest BCUT2D eigenvalue weighted by Gasteiger charge is 2.32. The van der Waals surface area contributed by atoms with E-state index in [9.17, 15) is 10.2 Å². The number of aliphatic hydroxyl groups excluding tert-OH is 2. The van der Waals surface area contributed by atoms with E-state index in [2.05, 4.69) is 18.7 Å². The van der Waals surface area contributed by atoms with Crippen LogP contribution in [-0.2, 0) is 0 Å². The van der Waals surface area contributed by atoms with Gasteiger partial charge in [-0.3, -0.25) is 4.90 Å². The highest BCUT2D eigenvalue weighted by atomic mass is 16.3. The standard InChI is InChI=1S/C13H29NO2/c1-4-7-9-14(10-8-5-2)13(6-3,11-15)12-16/h15-16H,4-12H2,1-3H3. The topological polar surface area (TPSA) is 43.7 Å². The Morgan fingerprint density at radius 1 is 0.875 bits per heavy atom. The lowest BCUT2D eigenvalue weighted by Gasteiger charge is -2.41. The van der Waals surface area contributed by atoms with E-state index in [0.29, 0.717) is 0 Å². The third-order valence-corrected chi connectivity index (χ3v) is 3.48. The summed E-state index contributed by atoms with van der Waals surface area (Å²) in [6.07, 6.45) is 5.36. The summed E-state index contributed by atoms with van der Waals surface area (Å²) in [7, 11) is 0. The van der Waals surface area contributed by atoms with E-state index in [0.717, 1.165) is 45.2 Å². The summed E-state index contributed by atoms with van der Waals surface area (Å²) < 4.78 is 0. The molecule has 0 aliphatic carbocycles. The van der Waals surface area contributed by atoms with Gasteiger partial charge in [0.05, 0.1) is 18.8 Å². The van der Waals surface area contributed by atoms with Crippen LogP contribution in [-0.4, -0.2) is 47.0 Å². The van der Waals surface area contributed by atoms with Crippen LogP contribution in [0.15, 0.2) is 0 Å². The van der Waals surface area contributed by atoms with Crippen LogP contribution in [0.4, 0.5) is 0 Å².